The van der Waals surface area contributed by atoms with Gasteiger partial charge in [-0.15, -0.1) is 0 Å². The summed E-state index contributed by atoms with van der Waals surface area (Å²) in [6.45, 7) is 3.54. The fourth-order valence-electron chi connectivity index (χ4n) is 4.11. The number of amides is 2. The molecule has 3 aromatic rings. The monoisotopic (exact) mass is 480 g/mol. The van der Waals surface area contributed by atoms with Gasteiger partial charge in [-0.1, -0.05) is 12.1 Å². The third-order valence-electron chi connectivity index (χ3n) is 6.09. The molecule has 2 amide bonds. The summed E-state index contributed by atoms with van der Waals surface area (Å²) in [5, 5.41) is 5.29. The average Bonchev–Trinajstić information content (AvgIpc) is 3.43. The Balaban J connectivity index is 1.31. The van der Waals surface area contributed by atoms with Gasteiger partial charge in [0.05, 0.1) is 19.4 Å². The number of piperazine rings is 1. The van der Waals surface area contributed by atoms with Gasteiger partial charge in [0, 0.05) is 45.0 Å². The first kappa shape index (κ1) is 24.3. The molecule has 1 atom stereocenters. The average molecular weight is 481 g/mol. The maximum Gasteiger partial charge on any atom is 0.309 e. The number of anilines is 1. The molecule has 1 aliphatic rings. The molecule has 35 heavy (non-hydrogen) atoms. The summed E-state index contributed by atoms with van der Waals surface area (Å²) in [6.07, 6.45) is 1.60. The summed E-state index contributed by atoms with van der Waals surface area (Å²) >= 11 is 0. The molecule has 1 saturated heterocycles. The van der Waals surface area contributed by atoms with Crippen molar-refractivity contribution in [1.29, 1.82) is 0 Å². The van der Waals surface area contributed by atoms with E-state index in [0.29, 0.717) is 5.56 Å². The van der Waals surface area contributed by atoms with Crippen molar-refractivity contribution in [3.63, 3.8) is 0 Å². The van der Waals surface area contributed by atoms with Crippen LogP contribution in [0.1, 0.15) is 17.4 Å². The lowest BCUT2D eigenvalue weighted by atomic mass is 10.1. The van der Waals surface area contributed by atoms with Crippen molar-refractivity contribution in [2.24, 2.45) is 0 Å². The number of ether oxygens (including phenoxy) is 1. The van der Waals surface area contributed by atoms with Crippen LogP contribution in [-0.4, -0.2) is 56.5 Å². The lowest BCUT2D eigenvalue weighted by Gasteiger charge is -2.39. The predicted octanol–water partition coefficient (Wildman–Crippen LogP) is 2.72. The zero-order valence-electron chi connectivity index (χ0n) is 19.6. The predicted molar refractivity (Wildman–Crippen MR) is 129 cm³/mol. The molecular weight excluding hydrogens is 451 g/mol. The van der Waals surface area contributed by atoms with Crippen molar-refractivity contribution in [3.8, 4) is 5.75 Å². The SMILES string of the molecule is COc1ccc(N2CCN([C@@H](CNC(=O)C(=O)NCc3ccc(F)cc3)c3ccco3)CC2)cc1. The first-order chi connectivity index (χ1) is 17.0. The van der Waals surface area contributed by atoms with Gasteiger partial charge in [-0.3, -0.25) is 14.5 Å². The molecule has 1 aromatic heterocycles. The molecule has 9 heteroatoms. The van der Waals surface area contributed by atoms with Crippen molar-refractivity contribution in [2.75, 3.05) is 44.7 Å². The zero-order chi connectivity index (χ0) is 24.6. The number of hydrogen-bond acceptors (Lipinski definition) is 6. The maximum absolute atomic E-state index is 13.0. The van der Waals surface area contributed by atoms with Gasteiger partial charge in [0.1, 0.15) is 17.3 Å². The van der Waals surface area contributed by atoms with Crippen LogP contribution in [0.4, 0.5) is 10.1 Å². The lowest BCUT2D eigenvalue weighted by molar-refractivity contribution is -0.139. The van der Waals surface area contributed by atoms with E-state index in [1.807, 2.05) is 36.4 Å². The molecular formula is C26H29FN4O4. The van der Waals surface area contributed by atoms with E-state index >= 15 is 0 Å². The van der Waals surface area contributed by atoms with Crippen LogP contribution in [0.2, 0.25) is 0 Å². The minimum atomic E-state index is -0.739. The van der Waals surface area contributed by atoms with Gasteiger partial charge < -0.3 is 24.7 Å². The summed E-state index contributed by atoms with van der Waals surface area (Å²) in [7, 11) is 1.65. The number of nitrogens with one attached hydrogen (secondary N) is 2. The van der Waals surface area contributed by atoms with E-state index in [1.54, 1.807) is 25.5 Å². The Kier molecular flexibility index (Phi) is 7.99. The Morgan fingerprint density at radius 3 is 2.29 bits per heavy atom. The first-order valence-corrected chi connectivity index (χ1v) is 11.5. The number of halogens is 1. The second-order valence-electron chi connectivity index (χ2n) is 8.27. The molecule has 0 spiro atoms. The van der Waals surface area contributed by atoms with Crippen LogP contribution in [0, 0.1) is 5.82 Å². The molecule has 0 radical (unpaired) electrons. The summed E-state index contributed by atoms with van der Waals surface area (Å²) in [6, 6.07) is 17.2. The van der Waals surface area contributed by atoms with E-state index in [2.05, 4.69) is 20.4 Å². The van der Waals surface area contributed by atoms with Gasteiger partial charge in [0.2, 0.25) is 0 Å². The van der Waals surface area contributed by atoms with Crippen LogP contribution >= 0.6 is 0 Å². The van der Waals surface area contributed by atoms with Crippen molar-refractivity contribution in [3.05, 3.63) is 84.1 Å². The zero-order valence-corrected chi connectivity index (χ0v) is 19.6. The van der Waals surface area contributed by atoms with Crippen LogP contribution in [0.3, 0.4) is 0 Å². The first-order valence-electron chi connectivity index (χ1n) is 11.5. The van der Waals surface area contributed by atoms with Crippen LogP contribution in [-0.2, 0) is 16.1 Å². The minimum absolute atomic E-state index is 0.140. The number of hydrogen-bond donors (Lipinski definition) is 2. The van der Waals surface area contributed by atoms with E-state index in [1.165, 1.54) is 12.1 Å². The molecule has 2 heterocycles. The number of rotatable bonds is 8. The van der Waals surface area contributed by atoms with Crippen LogP contribution < -0.4 is 20.3 Å². The molecule has 0 bridgehead atoms. The number of carbonyl (C=O) groups is 2. The summed E-state index contributed by atoms with van der Waals surface area (Å²) < 4.78 is 23.9. The Morgan fingerprint density at radius 1 is 0.971 bits per heavy atom. The van der Waals surface area contributed by atoms with E-state index in [9.17, 15) is 14.0 Å². The minimum Gasteiger partial charge on any atom is -0.497 e. The van der Waals surface area contributed by atoms with Crippen molar-refractivity contribution >= 4 is 17.5 Å². The molecule has 1 aliphatic heterocycles. The smallest absolute Gasteiger partial charge is 0.309 e. The molecule has 4 rings (SSSR count). The summed E-state index contributed by atoms with van der Waals surface area (Å²) in [4.78, 5) is 29.2. The third kappa shape index (κ3) is 6.39. The molecule has 0 saturated carbocycles. The molecule has 0 aliphatic carbocycles. The summed E-state index contributed by atoms with van der Waals surface area (Å²) in [5.74, 6) is -0.262. The normalized spacial score (nSPS) is 14.9. The molecule has 2 aromatic carbocycles. The molecule has 2 N–H and O–H groups in total. The number of furan rings is 1. The standard InChI is InChI=1S/C26H29FN4O4/c1-34-22-10-8-21(9-11-22)30-12-14-31(15-13-30)23(24-3-2-16-35-24)18-29-26(33)25(32)28-17-19-4-6-20(27)7-5-19/h2-11,16,23H,12-15,17-18H2,1H3,(H,28,32)(H,29,33)/t23-/m0/s1. The molecule has 1 fully saturated rings. The van der Waals surface area contributed by atoms with Gasteiger partial charge in [-0.25, -0.2) is 4.39 Å². The number of carbonyl (C=O) groups excluding carboxylic acids is 2. The van der Waals surface area contributed by atoms with Gasteiger partial charge in [0.25, 0.3) is 0 Å². The van der Waals surface area contributed by atoms with Gasteiger partial charge >= 0.3 is 11.8 Å². The number of benzene rings is 2. The Labute approximate surface area is 203 Å². The highest BCUT2D eigenvalue weighted by atomic mass is 19.1. The van der Waals surface area contributed by atoms with E-state index in [-0.39, 0.29) is 24.9 Å². The second-order valence-corrected chi connectivity index (χ2v) is 8.27. The highest BCUT2D eigenvalue weighted by Crippen LogP contribution is 2.25. The Morgan fingerprint density at radius 2 is 1.66 bits per heavy atom. The van der Waals surface area contributed by atoms with Crippen molar-refractivity contribution in [2.45, 2.75) is 12.6 Å². The van der Waals surface area contributed by atoms with Gasteiger partial charge in [0.15, 0.2) is 0 Å². The maximum atomic E-state index is 13.0. The Hall–Kier alpha value is -3.85. The van der Waals surface area contributed by atoms with Crippen molar-refractivity contribution < 1.29 is 23.1 Å². The van der Waals surface area contributed by atoms with Crippen LogP contribution in [0.25, 0.3) is 0 Å². The lowest BCUT2D eigenvalue weighted by Crippen LogP contribution is -2.50. The fourth-order valence-corrected chi connectivity index (χ4v) is 4.11. The van der Waals surface area contributed by atoms with Crippen LogP contribution in [0.5, 0.6) is 5.75 Å². The Bertz CT molecular complexity index is 1100. The van der Waals surface area contributed by atoms with Gasteiger partial charge in [-0.05, 0) is 54.1 Å². The highest BCUT2D eigenvalue weighted by molar-refractivity contribution is 6.35. The van der Waals surface area contributed by atoms with E-state index < -0.39 is 11.8 Å². The topological polar surface area (TPSA) is 87.0 Å². The van der Waals surface area contributed by atoms with E-state index in [4.69, 9.17) is 9.15 Å². The second kappa shape index (κ2) is 11.5. The van der Waals surface area contributed by atoms with E-state index in [0.717, 1.165) is 43.4 Å². The highest BCUT2D eigenvalue weighted by Gasteiger charge is 2.28. The van der Waals surface area contributed by atoms with Crippen molar-refractivity contribution in [1.82, 2.24) is 15.5 Å². The fraction of sp³-hybridized carbons (Fsp3) is 0.308. The number of nitrogens with zero attached hydrogens (tertiary/aromatic N) is 2. The third-order valence-corrected chi connectivity index (χ3v) is 6.09. The van der Waals surface area contributed by atoms with Crippen LogP contribution in [0.15, 0.2) is 71.3 Å². The largest absolute Gasteiger partial charge is 0.497 e. The molecule has 0 unspecified atom stereocenters. The molecule has 8 nitrogen and oxygen atoms in total. The number of methoxy groups -OCH3 is 1. The quantitative estimate of drug-likeness (QED) is 0.482. The summed E-state index contributed by atoms with van der Waals surface area (Å²) in [5.41, 5.74) is 1.84. The van der Waals surface area contributed by atoms with Gasteiger partial charge in [-0.2, -0.15) is 0 Å². The molecule has 184 valence electrons.